The molecule has 0 aliphatic rings. The van der Waals surface area contributed by atoms with Gasteiger partial charge in [-0.15, -0.1) is 0 Å². The minimum atomic E-state index is -3.01. The molecule has 0 aromatic heterocycles. The molecule has 0 saturated heterocycles. The molecule has 0 fully saturated rings. The van der Waals surface area contributed by atoms with E-state index in [1.54, 1.807) is 6.66 Å². The second-order valence-electron chi connectivity index (χ2n) is 6.10. The lowest BCUT2D eigenvalue weighted by atomic mass is 10.1. The third kappa shape index (κ3) is 5.93. The van der Waals surface area contributed by atoms with E-state index in [2.05, 4.69) is 18.1 Å². The number of ether oxygens (including phenoxy) is 1. The Morgan fingerprint density at radius 1 is 1.00 bits per heavy atom. The fourth-order valence-electron chi connectivity index (χ4n) is 2.40. The van der Waals surface area contributed by atoms with Crippen LogP contribution in [-0.4, -0.2) is 13.3 Å². The molecule has 0 aliphatic carbocycles. The van der Waals surface area contributed by atoms with Gasteiger partial charge in [-0.1, -0.05) is 19.4 Å². The first-order chi connectivity index (χ1) is 11.4. The van der Waals surface area contributed by atoms with Gasteiger partial charge in [-0.3, -0.25) is 4.57 Å². The molecule has 1 N–H and O–H groups in total. The highest BCUT2D eigenvalue weighted by molar-refractivity contribution is 7.60. The third-order valence-corrected chi connectivity index (χ3v) is 4.65. The zero-order valence-electron chi connectivity index (χ0n) is 14.8. The summed E-state index contributed by atoms with van der Waals surface area (Å²) in [4.78, 5) is 0. The topological polar surface area (TPSA) is 47.6 Å². The van der Waals surface area contributed by atoms with Gasteiger partial charge in [0.05, 0.1) is 6.61 Å². The van der Waals surface area contributed by atoms with Gasteiger partial charge < -0.3 is 14.3 Å². The van der Waals surface area contributed by atoms with E-state index in [1.807, 2.05) is 50.2 Å². The highest BCUT2D eigenvalue weighted by Gasteiger charge is 2.17. The molecule has 0 spiro atoms. The number of hydrogen-bond donors (Lipinski definition) is 1. The van der Waals surface area contributed by atoms with E-state index < -0.39 is 7.52 Å². The first kappa shape index (κ1) is 18.4. The molecule has 24 heavy (non-hydrogen) atoms. The number of unbranched alkanes of at least 4 members (excludes halogenated alkanes) is 1. The number of anilines is 1. The maximum atomic E-state index is 12.7. The van der Waals surface area contributed by atoms with Crippen LogP contribution in [0.15, 0.2) is 42.5 Å². The van der Waals surface area contributed by atoms with Gasteiger partial charge in [-0.2, -0.15) is 0 Å². The van der Waals surface area contributed by atoms with E-state index in [-0.39, 0.29) is 0 Å². The first-order valence-corrected chi connectivity index (χ1v) is 10.3. The van der Waals surface area contributed by atoms with Crippen LogP contribution in [-0.2, 0) is 4.57 Å². The molecule has 130 valence electrons. The number of rotatable bonds is 8. The van der Waals surface area contributed by atoms with E-state index in [0.29, 0.717) is 12.4 Å². The minimum absolute atomic E-state index is 0.616. The summed E-state index contributed by atoms with van der Waals surface area (Å²) in [6.07, 6.45) is 2.14. The Morgan fingerprint density at radius 3 is 2.21 bits per heavy atom. The Balaban J connectivity index is 1.99. The predicted molar refractivity (Wildman–Crippen MR) is 101 cm³/mol. The van der Waals surface area contributed by atoms with Crippen LogP contribution in [0.25, 0.3) is 0 Å². The van der Waals surface area contributed by atoms with Crippen molar-refractivity contribution >= 4 is 13.2 Å². The molecule has 5 heteroatoms. The summed E-state index contributed by atoms with van der Waals surface area (Å²) in [5.41, 5.74) is 2.91. The molecule has 2 aromatic rings. The molecule has 0 bridgehead atoms. The van der Waals surface area contributed by atoms with E-state index in [1.165, 1.54) is 0 Å². The molecule has 0 saturated carbocycles. The SMILES string of the molecule is CCCCOc1ccc(N[P@@](C)(=O)Oc2cc(C)cc(C)c2)cc1. The molecule has 2 rings (SSSR count). The van der Waals surface area contributed by atoms with Crippen molar-refractivity contribution in [2.45, 2.75) is 33.6 Å². The van der Waals surface area contributed by atoms with E-state index in [4.69, 9.17) is 9.26 Å². The van der Waals surface area contributed by atoms with E-state index >= 15 is 0 Å². The van der Waals surface area contributed by atoms with Gasteiger partial charge in [0.2, 0.25) is 0 Å². The molecule has 0 heterocycles. The van der Waals surface area contributed by atoms with Crippen molar-refractivity contribution < 1.29 is 13.8 Å². The van der Waals surface area contributed by atoms with Crippen molar-refractivity contribution in [2.75, 3.05) is 18.4 Å². The number of nitrogens with one attached hydrogen (secondary N) is 1. The van der Waals surface area contributed by atoms with Gasteiger partial charge in [0.25, 0.3) is 0 Å². The highest BCUT2D eigenvalue weighted by Crippen LogP contribution is 2.43. The van der Waals surface area contributed by atoms with Crippen LogP contribution in [0.1, 0.15) is 30.9 Å². The van der Waals surface area contributed by atoms with Gasteiger partial charge in [0, 0.05) is 12.4 Å². The average molecular weight is 347 g/mol. The normalized spacial score (nSPS) is 13.2. The Hall–Kier alpha value is -1.93. The van der Waals surface area contributed by atoms with Crippen LogP contribution >= 0.6 is 7.52 Å². The van der Waals surface area contributed by atoms with Gasteiger partial charge in [0.1, 0.15) is 11.5 Å². The summed E-state index contributed by atoms with van der Waals surface area (Å²) >= 11 is 0. The molecule has 4 nitrogen and oxygen atoms in total. The monoisotopic (exact) mass is 347 g/mol. The zero-order chi connectivity index (χ0) is 17.6. The lowest BCUT2D eigenvalue weighted by Crippen LogP contribution is -2.03. The summed E-state index contributed by atoms with van der Waals surface area (Å²) in [5, 5.41) is 2.98. The van der Waals surface area contributed by atoms with Crippen molar-refractivity contribution in [2.24, 2.45) is 0 Å². The largest absolute Gasteiger partial charge is 0.494 e. The van der Waals surface area contributed by atoms with Gasteiger partial charge in [-0.25, -0.2) is 0 Å². The van der Waals surface area contributed by atoms with Gasteiger partial charge >= 0.3 is 7.52 Å². The molecule has 2 aromatic carbocycles. The van der Waals surface area contributed by atoms with Crippen LogP contribution in [0.3, 0.4) is 0 Å². The Bertz CT molecular complexity index is 693. The van der Waals surface area contributed by atoms with Crippen LogP contribution in [0.2, 0.25) is 0 Å². The van der Waals surface area contributed by atoms with Crippen molar-refractivity contribution in [3.05, 3.63) is 53.6 Å². The average Bonchev–Trinajstić information content (AvgIpc) is 2.47. The quantitative estimate of drug-likeness (QED) is 0.484. The summed E-state index contributed by atoms with van der Waals surface area (Å²) in [6.45, 7) is 8.41. The van der Waals surface area contributed by atoms with Crippen LogP contribution in [0, 0.1) is 13.8 Å². The Labute approximate surface area is 144 Å². The zero-order valence-corrected chi connectivity index (χ0v) is 15.7. The lowest BCUT2D eigenvalue weighted by molar-refractivity contribution is 0.309. The predicted octanol–water partition coefficient (Wildman–Crippen LogP) is 5.80. The minimum Gasteiger partial charge on any atom is -0.494 e. The van der Waals surface area contributed by atoms with Crippen LogP contribution in [0.5, 0.6) is 11.5 Å². The molecule has 0 amide bonds. The molecule has 0 radical (unpaired) electrons. The maximum Gasteiger partial charge on any atom is 0.338 e. The third-order valence-electron chi connectivity index (χ3n) is 3.43. The summed E-state index contributed by atoms with van der Waals surface area (Å²) in [5.74, 6) is 1.43. The molecular weight excluding hydrogens is 321 g/mol. The second-order valence-corrected chi connectivity index (χ2v) is 8.20. The summed E-state index contributed by atoms with van der Waals surface area (Å²) < 4.78 is 24.0. The Kier molecular flexibility index (Phi) is 6.33. The Morgan fingerprint density at radius 2 is 1.62 bits per heavy atom. The van der Waals surface area contributed by atoms with Gasteiger partial charge in [0.15, 0.2) is 0 Å². The number of aryl methyl sites for hydroxylation is 2. The fourth-order valence-corrected chi connectivity index (χ4v) is 3.58. The standard InChI is InChI=1S/C19H26NO3P/c1-5-6-11-22-18-9-7-17(8-10-18)20-24(4,21)23-19-13-15(2)12-16(3)14-19/h7-10,12-14H,5-6,11H2,1-4H3,(H,20,21)/t24-/m0/s1. The van der Waals surface area contributed by atoms with Crippen molar-refractivity contribution in [3.63, 3.8) is 0 Å². The first-order valence-electron chi connectivity index (χ1n) is 8.24. The highest BCUT2D eigenvalue weighted by atomic mass is 31.2. The van der Waals surface area contributed by atoms with Crippen molar-refractivity contribution in [1.82, 2.24) is 0 Å². The molecule has 0 unspecified atom stereocenters. The number of hydrogen-bond acceptors (Lipinski definition) is 3. The maximum absolute atomic E-state index is 12.7. The number of benzene rings is 2. The van der Waals surface area contributed by atoms with Crippen molar-refractivity contribution in [1.29, 1.82) is 0 Å². The molecule has 0 aliphatic heterocycles. The fraction of sp³-hybridized carbons (Fsp3) is 0.368. The van der Waals surface area contributed by atoms with Crippen molar-refractivity contribution in [3.8, 4) is 11.5 Å². The van der Waals surface area contributed by atoms with E-state index in [9.17, 15) is 4.57 Å². The lowest BCUT2D eigenvalue weighted by Gasteiger charge is -2.18. The summed E-state index contributed by atoms with van der Waals surface area (Å²) in [6, 6.07) is 13.3. The molecule has 1 atom stereocenters. The van der Waals surface area contributed by atoms with Crippen LogP contribution < -0.4 is 14.3 Å². The second kappa shape index (κ2) is 8.25. The smallest absolute Gasteiger partial charge is 0.338 e. The molecular formula is C19H26NO3P. The van der Waals surface area contributed by atoms with Gasteiger partial charge in [-0.05, 0) is 67.8 Å². The van der Waals surface area contributed by atoms with Crippen LogP contribution in [0.4, 0.5) is 5.69 Å². The van der Waals surface area contributed by atoms with E-state index in [0.717, 1.165) is 35.4 Å². The summed E-state index contributed by atoms with van der Waals surface area (Å²) in [7, 11) is -3.01.